The Labute approximate surface area is 99.4 Å². The van der Waals surface area contributed by atoms with Crippen LogP contribution in [0.25, 0.3) is 6.08 Å². The standard InChI is InChI=1S/C13H11FN2O/c14-6-1-7-17-13-4-2-11(3-5-13)8-12(9-15)10-16/h2-5,8H,1,6-7H2. The lowest BCUT2D eigenvalue weighted by molar-refractivity contribution is 0.289. The zero-order chi connectivity index (χ0) is 12.5. The molecule has 0 aromatic heterocycles. The van der Waals surface area contributed by atoms with E-state index in [2.05, 4.69) is 0 Å². The van der Waals surface area contributed by atoms with Gasteiger partial charge in [0.05, 0.1) is 13.3 Å². The Hall–Kier alpha value is -2.33. The van der Waals surface area contributed by atoms with Crippen LogP contribution in [0.15, 0.2) is 29.8 Å². The van der Waals surface area contributed by atoms with Crippen LogP contribution in [0.4, 0.5) is 4.39 Å². The zero-order valence-electron chi connectivity index (χ0n) is 9.19. The van der Waals surface area contributed by atoms with Gasteiger partial charge < -0.3 is 4.74 Å². The predicted molar refractivity (Wildman–Crippen MR) is 61.7 cm³/mol. The van der Waals surface area contributed by atoms with Gasteiger partial charge in [0, 0.05) is 6.42 Å². The molecule has 0 fully saturated rings. The first-order chi connectivity index (χ1) is 8.30. The van der Waals surface area contributed by atoms with Gasteiger partial charge in [-0.15, -0.1) is 0 Å². The molecule has 3 nitrogen and oxygen atoms in total. The largest absolute Gasteiger partial charge is 0.493 e. The van der Waals surface area contributed by atoms with Crippen molar-refractivity contribution in [2.24, 2.45) is 0 Å². The van der Waals surface area contributed by atoms with E-state index in [1.54, 1.807) is 36.4 Å². The summed E-state index contributed by atoms with van der Waals surface area (Å²) in [6.45, 7) is -0.0537. The Balaban J connectivity index is 2.66. The third kappa shape index (κ3) is 4.36. The summed E-state index contributed by atoms with van der Waals surface area (Å²) in [5.41, 5.74) is 0.803. The lowest BCUT2D eigenvalue weighted by atomic mass is 10.1. The molecule has 0 unspecified atom stereocenters. The number of rotatable bonds is 5. The van der Waals surface area contributed by atoms with Crippen LogP contribution in [0.2, 0.25) is 0 Å². The van der Waals surface area contributed by atoms with Crippen molar-refractivity contribution in [1.82, 2.24) is 0 Å². The van der Waals surface area contributed by atoms with Gasteiger partial charge in [-0.25, -0.2) is 0 Å². The van der Waals surface area contributed by atoms with E-state index in [9.17, 15) is 4.39 Å². The van der Waals surface area contributed by atoms with Crippen molar-refractivity contribution in [3.05, 3.63) is 35.4 Å². The summed E-state index contributed by atoms with van der Waals surface area (Å²) in [6, 6.07) is 10.5. The predicted octanol–water partition coefficient (Wildman–Crippen LogP) is 2.86. The molecule has 0 aliphatic rings. The average molecular weight is 230 g/mol. The van der Waals surface area contributed by atoms with E-state index in [4.69, 9.17) is 15.3 Å². The molecule has 0 aliphatic heterocycles. The van der Waals surface area contributed by atoms with Crippen molar-refractivity contribution < 1.29 is 9.13 Å². The quantitative estimate of drug-likeness (QED) is 0.577. The number of nitriles is 2. The molecule has 0 aliphatic carbocycles. The molecule has 0 spiro atoms. The van der Waals surface area contributed by atoms with Gasteiger partial charge in [-0.3, -0.25) is 4.39 Å². The maximum Gasteiger partial charge on any atom is 0.130 e. The number of nitrogens with zero attached hydrogens (tertiary/aromatic N) is 2. The van der Waals surface area contributed by atoms with Gasteiger partial charge >= 0.3 is 0 Å². The highest BCUT2D eigenvalue weighted by Crippen LogP contribution is 2.14. The summed E-state index contributed by atoms with van der Waals surface area (Å²) in [5, 5.41) is 17.2. The number of alkyl halides is 1. The molecule has 17 heavy (non-hydrogen) atoms. The van der Waals surface area contributed by atoms with Gasteiger partial charge in [-0.1, -0.05) is 12.1 Å². The molecule has 0 amide bonds. The number of allylic oxidation sites excluding steroid dienone is 1. The summed E-state index contributed by atoms with van der Waals surface area (Å²) in [7, 11) is 0. The minimum absolute atomic E-state index is 0.0519. The second-order valence-corrected chi connectivity index (χ2v) is 3.24. The summed E-state index contributed by atoms with van der Waals surface area (Å²) in [6.07, 6.45) is 1.86. The van der Waals surface area contributed by atoms with E-state index in [-0.39, 0.29) is 5.57 Å². The Morgan fingerprint density at radius 1 is 1.24 bits per heavy atom. The van der Waals surface area contributed by atoms with Crippen molar-refractivity contribution in [3.63, 3.8) is 0 Å². The molecule has 0 bridgehead atoms. The van der Waals surface area contributed by atoms with Gasteiger partial charge in [-0.05, 0) is 23.8 Å². The van der Waals surface area contributed by atoms with Crippen LogP contribution in [0.3, 0.4) is 0 Å². The lowest BCUT2D eigenvalue weighted by Gasteiger charge is -2.04. The van der Waals surface area contributed by atoms with Crippen LogP contribution in [-0.4, -0.2) is 13.3 Å². The minimum Gasteiger partial charge on any atom is -0.493 e. The Morgan fingerprint density at radius 2 is 1.88 bits per heavy atom. The molecule has 1 aromatic rings. The van der Waals surface area contributed by atoms with Crippen molar-refractivity contribution in [1.29, 1.82) is 10.5 Å². The van der Waals surface area contributed by atoms with Crippen LogP contribution in [0, 0.1) is 22.7 Å². The highest BCUT2D eigenvalue weighted by atomic mass is 19.1. The van der Waals surface area contributed by atoms with E-state index in [0.29, 0.717) is 18.8 Å². The fraction of sp³-hybridized carbons (Fsp3) is 0.231. The van der Waals surface area contributed by atoms with Gasteiger partial charge in [0.25, 0.3) is 0 Å². The van der Waals surface area contributed by atoms with Crippen LogP contribution in [-0.2, 0) is 0 Å². The minimum atomic E-state index is -0.394. The maximum atomic E-state index is 11.8. The second kappa shape index (κ2) is 7.03. The lowest BCUT2D eigenvalue weighted by Crippen LogP contribution is -1.97. The third-order valence-electron chi connectivity index (χ3n) is 1.98. The van der Waals surface area contributed by atoms with Gasteiger partial charge in [0.2, 0.25) is 0 Å². The number of hydrogen-bond acceptors (Lipinski definition) is 3. The third-order valence-corrected chi connectivity index (χ3v) is 1.98. The molecule has 0 N–H and O–H groups in total. The van der Waals surface area contributed by atoms with E-state index in [1.807, 2.05) is 0 Å². The van der Waals surface area contributed by atoms with Gasteiger partial charge in [0.1, 0.15) is 23.5 Å². The van der Waals surface area contributed by atoms with Crippen molar-refractivity contribution in [2.75, 3.05) is 13.3 Å². The van der Waals surface area contributed by atoms with Crippen molar-refractivity contribution >= 4 is 6.08 Å². The molecule has 86 valence electrons. The molecule has 1 rings (SSSR count). The Morgan fingerprint density at radius 3 is 2.41 bits per heavy atom. The molecular formula is C13H11FN2O. The number of benzene rings is 1. The highest BCUT2D eigenvalue weighted by Gasteiger charge is 1.96. The van der Waals surface area contributed by atoms with Gasteiger partial charge in [0.15, 0.2) is 0 Å². The summed E-state index contributed by atoms with van der Waals surface area (Å²) in [4.78, 5) is 0. The first-order valence-electron chi connectivity index (χ1n) is 5.11. The molecule has 0 heterocycles. The molecule has 0 atom stereocenters. The van der Waals surface area contributed by atoms with E-state index < -0.39 is 6.67 Å². The normalized spacial score (nSPS) is 8.88. The SMILES string of the molecule is N#CC(C#N)=Cc1ccc(OCCCF)cc1. The van der Waals surface area contributed by atoms with Crippen molar-refractivity contribution in [3.8, 4) is 17.9 Å². The molecule has 0 saturated carbocycles. The summed E-state index contributed by atoms with van der Waals surface area (Å²) < 4.78 is 17.1. The summed E-state index contributed by atoms with van der Waals surface area (Å²) in [5.74, 6) is 0.645. The monoisotopic (exact) mass is 230 g/mol. The highest BCUT2D eigenvalue weighted by molar-refractivity contribution is 5.62. The zero-order valence-corrected chi connectivity index (χ0v) is 9.19. The Kier molecular flexibility index (Phi) is 5.27. The average Bonchev–Trinajstić information content (AvgIpc) is 2.38. The maximum absolute atomic E-state index is 11.8. The Bertz CT molecular complexity index is 450. The molecule has 4 heteroatoms. The molecular weight excluding hydrogens is 219 g/mol. The van der Waals surface area contributed by atoms with Crippen molar-refractivity contribution in [2.45, 2.75) is 6.42 Å². The molecule has 1 aromatic carbocycles. The van der Waals surface area contributed by atoms with Crippen LogP contribution >= 0.6 is 0 Å². The number of hydrogen-bond donors (Lipinski definition) is 0. The molecule has 0 radical (unpaired) electrons. The number of halogens is 1. The van der Waals surface area contributed by atoms with E-state index >= 15 is 0 Å². The van der Waals surface area contributed by atoms with Crippen LogP contribution < -0.4 is 4.74 Å². The fourth-order valence-electron chi connectivity index (χ4n) is 1.16. The van der Waals surface area contributed by atoms with Crippen LogP contribution in [0.5, 0.6) is 5.75 Å². The summed E-state index contributed by atoms with van der Waals surface area (Å²) >= 11 is 0. The fourth-order valence-corrected chi connectivity index (χ4v) is 1.16. The number of ether oxygens (including phenoxy) is 1. The topological polar surface area (TPSA) is 56.8 Å². The second-order valence-electron chi connectivity index (χ2n) is 3.24. The first kappa shape index (κ1) is 12.7. The smallest absolute Gasteiger partial charge is 0.130 e. The van der Waals surface area contributed by atoms with E-state index in [1.165, 1.54) is 6.08 Å². The van der Waals surface area contributed by atoms with E-state index in [0.717, 1.165) is 5.56 Å². The van der Waals surface area contributed by atoms with Gasteiger partial charge in [-0.2, -0.15) is 10.5 Å². The molecule has 0 saturated heterocycles. The van der Waals surface area contributed by atoms with Crippen LogP contribution in [0.1, 0.15) is 12.0 Å². The first-order valence-corrected chi connectivity index (χ1v) is 5.11.